The Morgan fingerprint density at radius 3 is 2.73 bits per heavy atom. The van der Waals surface area contributed by atoms with Crippen LogP contribution in [0.4, 0.5) is 5.95 Å². The summed E-state index contributed by atoms with van der Waals surface area (Å²) in [6.45, 7) is 4.22. The van der Waals surface area contributed by atoms with Gasteiger partial charge in [-0.1, -0.05) is 23.4 Å². The van der Waals surface area contributed by atoms with E-state index in [2.05, 4.69) is 26.8 Å². The van der Waals surface area contributed by atoms with Gasteiger partial charge in [0.2, 0.25) is 5.95 Å². The number of hydrogen-bond acceptors (Lipinski definition) is 6. The van der Waals surface area contributed by atoms with E-state index < -0.39 is 7.60 Å². The summed E-state index contributed by atoms with van der Waals surface area (Å²) in [6.07, 6.45) is 3.22. The van der Waals surface area contributed by atoms with Gasteiger partial charge in [-0.05, 0) is 13.8 Å². The van der Waals surface area contributed by atoms with Crippen LogP contribution >= 0.6 is 19.2 Å². The lowest BCUT2D eigenvalue weighted by atomic mass is 10.1. The molecule has 0 bridgehead atoms. The molecule has 11 heteroatoms. The molecule has 0 amide bonds. The van der Waals surface area contributed by atoms with Gasteiger partial charge in [0, 0.05) is 29.9 Å². The molecular formula is C19H21ClN5O4P. The molecule has 158 valence electrons. The zero-order valence-electron chi connectivity index (χ0n) is 16.7. The van der Waals surface area contributed by atoms with Crippen LogP contribution in [-0.2, 0) is 11.1 Å². The second-order valence-corrected chi connectivity index (χ2v) is 8.86. The number of anilines is 1. The van der Waals surface area contributed by atoms with Crippen molar-refractivity contribution in [1.82, 2.24) is 19.5 Å². The van der Waals surface area contributed by atoms with Crippen LogP contribution in [0.1, 0.15) is 28.8 Å². The standard InChI is InChI=1S/C19H21ClN5O4P/c1-11-8-22-14(12(2)16(11)29-3)10-25-9-13(6-4-5-7-30(26,27)28)15-17(20)23-19(21)24-18(15)25/h8-9H,5,7,10H2,1-3H3,(H2,21,23,24)(H2,26,27,28). The Morgan fingerprint density at radius 2 is 2.07 bits per heavy atom. The van der Waals surface area contributed by atoms with E-state index in [0.29, 0.717) is 23.1 Å². The van der Waals surface area contributed by atoms with Crippen LogP contribution in [0.2, 0.25) is 5.15 Å². The van der Waals surface area contributed by atoms with Crippen molar-refractivity contribution in [1.29, 1.82) is 0 Å². The number of pyridine rings is 1. The summed E-state index contributed by atoms with van der Waals surface area (Å²) < 4.78 is 18.3. The third kappa shape index (κ3) is 4.74. The van der Waals surface area contributed by atoms with E-state index in [1.54, 1.807) is 19.5 Å². The van der Waals surface area contributed by atoms with Crippen molar-refractivity contribution in [2.24, 2.45) is 0 Å². The van der Waals surface area contributed by atoms with Crippen LogP contribution in [-0.4, -0.2) is 42.6 Å². The monoisotopic (exact) mass is 449 g/mol. The van der Waals surface area contributed by atoms with Gasteiger partial charge in [-0.2, -0.15) is 4.98 Å². The fourth-order valence-corrected chi connectivity index (χ4v) is 3.80. The van der Waals surface area contributed by atoms with E-state index in [4.69, 9.17) is 31.9 Å². The Bertz CT molecular complexity index is 1230. The highest BCUT2D eigenvalue weighted by Crippen LogP contribution is 2.34. The van der Waals surface area contributed by atoms with Gasteiger partial charge in [-0.25, -0.2) is 4.98 Å². The number of aromatic nitrogens is 4. The lowest BCUT2D eigenvalue weighted by molar-refractivity contribution is 0.373. The predicted molar refractivity (Wildman–Crippen MR) is 115 cm³/mol. The first kappa shape index (κ1) is 22.1. The highest BCUT2D eigenvalue weighted by Gasteiger charge is 2.17. The molecule has 0 saturated carbocycles. The van der Waals surface area contributed by atoms with Crippen LogP contribution in [0.25, 0.3) is 11.0 Å². The summed E-state index contributed by atoms with van der Waals surface area (Å²) in [7, 11) is -2.49. The van der Waals surface area contributed by atoms with Crippen LogP contribution in [0.15, 0.2) is 12.4 Å². The van der Waals surface area contributed by atoms with Crippen molar-refractivity contribution >= 4 is 36.2 Å². The number of nitrogens with zero attached hydrogens (tertiary/aromatic N) is 4. The Hall–Kier alpha value is -2.63. The molecule has 0 spiro atoms. The lowest BCUT2D eigenvalue weighted by Crippen LogP contribution is -2.07. The summed E-state index contributed by atoms with van der Waals surface area (Å²) in [5, 5.41) is 0.674. The molecular weight excluding hydrogens is 429 g/mol. The molecule has 3 aromatic rings. The zero-order valence-corrected chi connectivity index (χ0v) is 18.3. The molecule has 3 aromatic heterocycles. The first-order valence-corrected chi connectivity index (χ1v) is 11.1. The predicted octanol–water partition coefficient (Wildman–Crippen LogP) is 2.65. The maximum absolute atomic E-state index is 11.0. The molecule has 0 atom stereocenters. The number of nitrogens with two attached hydrogens (primary N) is 1. The Kier molecular flexibility index (Phi) is 6.34. The fraction of sp³-hybridized carbons (Fsp3) is 0.316. The number of halogens is 1. The lowest BCUT2D eigenvalue weighted by Gasteiger charge is -2.13. The van der Waals surface area contributed by atoms with Crippen molar-refractivity contribution in [2.75, 3.05) is 19.0 Å². The normalized spacial score (nSPS) is 11.4. The van der Waals surface area contributed by atoms with Crippen molar-refractivity contribution < 1.29 is 19.1 Å². The number of rotatable bonds is 5. The molecule has 0 saturated heterocycles. The Labute approximate surface area is 178 Å². The minimum Gasteiger partial charge on any atom is -0.496 e. The van der Waals surface area contributed by atoms with E-state index in [1.165, 1.54) is 0 Å². The van der Waals surface area contributed by atoms with E-state index in [-0.39, 0.29) is 23.7 Å². The van der Waals surface area contributed by atoms with Crippen molar-refractivity contribution in [3.63, 3.8) is 0 Å². The first-order valence-electron chi connectivity index (χ1n) is 8.95. The van der Waals surface area contributed by atoms with Gasteiger partial charge in [-0.15, -0.1) is 0 Å². The van der Waals surface area contributed by atoms with E-state index in [0.717, 1.165) is 22.6 Å². The summed E-state index contributed by atoms with van der Waals surface area (Å²) in [6, 6.07) is 0. The van der Waals surface area contributed by atoms with Gasteiger partial charge in [0.05, 0.1) is 36.5 Å². The SMILES string of the molecule is COc1c(C)cnc(Cn2cc(C#CCCP(=O)(O)O)c3c(Cl)nc(N)nc32)c1C. The number of fused-ring (bicyclic) bond motifs is 1. The van der Waals surface area contributed by atoms with Crippen molar-refractivity contribution in [3.8, 4) is 17.6 Å². The molecule has 30 heavy (non-hydrogen) atoms. The zero-order chi connectivity index (χ0) is 22.1. The van der Waals surface area contributed by atoms with Crippen molar-refractivity contribution in [3.05, 3.63) is 39.9 Å². The Balaban J connectivity index is 2.06. The molecule has 3 heterocycles. The highest BCUT2D eigenvalue weighted by molar-refractivity contribution is 7.51. The van der Waals surface area contributed by atoms with E-state index in [9.17, 15) is 4.57 Å². The third-order valence-corrected chi connectivity index (χ3v) is 5.59. The average Bonchev–Trinajstić information content (AvgIpc) is 2.98. The summed E-state index contributed by atoms with van der Waals surface area (Å²) >= 11 is 6.30. The largest absolute Gasteiger partial charge is 0.496 e. The van der Waals surface area contributed by atoms with Crippen LogP contribution in [0.5, 0.6) is 5.75 Å². The third-order valence-electron chi connectivity index (χ3n) is 4.51. The summed E-state index contributed by atoms with van der Waals surface area (Å²) in [4.78, 5) is 30.8. The molecule has 9 nitrogen and oxygen atoms in total. The Morgan fingerprint density at radius 1 is 1.33 bits per heavy atom. The minimum atomic E-state index is -4.10. The van der Waals surface area contributed by atoms with Gasteiger partial charge in [0.25, 0.3) is 0 Å². The first-order chi connectivity index (χ1) is 14.1. The van der Waals surface area contributed by atoms with E-state index in [1.807, 2.05) is 18.4 Å². The second kappa shape index (κ2) is 8.62. The molecule has 0 aliphatic heterocycles. The van der Waals surface area contributed by atoms with Gasteiger partial charge in [-0.3, -0.25) is 9.55 Å². The minimum absolute atomic E-state index is 0.0269. The summed E-state index contributed by atoms with van der Waals surface area (Å²) in [5.41, 5.74) is 9.43. The maximum Gasteiger partial charge on any atom is 0.326 e. The number of aryl methyl sites for hydroxylation is 1. The molecule has 0 aliphatic rings. The molecule has 0 radical (unpaired) electrons. The van der Waals surface area contributed by atoms with Gasteiger partial charge in [0.1, 0.15) is 16.5 Å². The molecule has 0 fully saturated rings. The fourth-order valence-electron chi connectivity index (χ4n) is 3.13. The quantitative estimate of drug-likeness (QED) is 0.307. The maximum atomic E-state index is 11.0. The number of nitrogen functional groups attached to an aromatic ring is 1. The van der Waals surface area contributed by atoms with Crippen LogP contribution in [0, 0.1) is 25.7 Å². The van der Waals surface area contributed by atoms with Crippen molar-refractivity contribution in [2.45, 2.75) is 26.8 Å². The van der Waals surface area contributed by atoms with Gasteiger partial charge in [0.15, 0.2) is 0 Å². The van der Waals surface area contributed by atoms with Crippen LogP contribution < -0.4 is 10.5 Å². The molecule has 3 rings (SSSR count). The number of methoxy groups -OCH3 is 1. The average molecular weight is 450 g/mol. The molecule has 4 N–H and O–H groups in total. The number of ether oxygens (including phenoxy) is 1. The van der Waals surface area contributed by atoms with Gasteiger partial charge < -0.3 is 24.8 Å². The molecule has 0 aliphatic carbocycles. The molecule has 0 aromatic carbocycles. The smallest absolute Gasteiger partial charge is 0.326 e. The summed E-state index contributed by atoms with van der Waals surface area (Å²) in [5.74, 6) is 6.47. The topological polar surface area (TPSA) is 136 Å². The van der Waals surface area contributed by atoms with Gasteiger partial charge >= 0.3 is 7.60 Å². The van der Waals surface area contributed by atoms with Crippen LogP contribution in [0.3, 0.4) is 0 Å². The molecule has 0 unspecified atom stereocenters. The highest BCUT2D eigenvalue weighted by atomic mass is 35.5. The second-order valence-electron chi connectivity index (χ2n) is 6.73. The number of hydrogen-bond donors (Lipinski definition) is 3. The van der Waals surface area contributed by atoms with E-state index >= 15 is 0 Å².